The number of nitrogens with zero attached hydrogens (tertiary/aromatic N) is 2. The first-order chi connectivity index (χ1) is 10.0. The van der Waals surface area contributed by atoms with Gasteiger partial charge in [0.1, 0.15) is 0 Å². The average Bonchev–Trinajstić information content (AvgIpc) is 2.49. The van der Waals surface area contributed by atoms with Crippen molar-refractivity contribution in [2.75, 3.05) is 38.0 Å². The molecular formula is C17H27N3O. The number of hydrogen-bond donors (Lipinski definition) is 1. The summed E-state index contributed by atoms with van der Waals surface area (Å²) in [5, 5.41) is 3.13. The van der Waals surface area contributed by atoms with Gasteiger partial charge in [-0.15, -0.1) is 0 Å². The Morgan fingerprint density at radius 3 is 2.48 bits per heavy atom. The molecule has 4 nitrogen and oxygen atoms in total. The molecule has 2 amide bonds. The second kappa shape index (κ2) is 6.94. The normalized spacial score (nSPS) is 16.3. The maximum absolute atomic E-state index is 12.5. The quantitative estimate of drug-likeness (QED) is 0.927. The van der Waals surface area contributed by atoms with Gasteiger partial charge in [-0.1, -0.05) is 39.0 Å². The van der Waals surface area contributed by atoms with Crippen LogP contribution in [0.1, 0.15) is 37.8 Å². The van der Waals surface area contributed by atoms with Crippen LogP contribution in [0.4, 0.5) is 10.5 Å². The van der Waals surface area contributed by atoms with E-state index < -0.39 is 0 Å². The Labute approximate surface area is 128 Å². The van der Waals surface area contributed by atoms with Crippen LogP contribution in [0.5, 0.6) is 0 Å². The Morgan fingerprint density at radius 2 is 1.90 bits per heavy atom. The molecule has 1 fully saturated rings. The fourth-order valence-corrected chi connectivity index (χ4v) is 2.80. The second-order valence-electron chi connectivity index (χ2n) is 6.05. The van der Waals surface area contributed by atoms with Crippen LogP contribution in [0.15, 0.2) is 18.2 Å². The highest BCUT2D eigenvalue weighted by Crippen LogP contribution is 2.27. The van der Waals surface area contributed by atoms with Crippen LogP contribution in [-0.4, -0.2) is 48.6 Å². The summed E-state index contributed by atoms with van der Waals surface area (Å²) in [6, 6.07) is 6.24. The van der Waals surface area contributed by atoms with E-state index in [1.54, 1.807) is 0 Å². The van der Waals surface area contributed by atoms with E-state index in [2.05, 4.69) is 56.1 Å². The van der Waals surface area contributed by atoms with E-state index in [4.69, 9.17) is 0 Å². The molecular weight excluding hydrogens is 262 g/mol. The minimum Gasteiger partial charge on any atom is -0.322 e. The summed E-state index contributed by atoms with van der Waals surface area (Å²) < 4.78 is 0. The van der Waals surface area contributed by atoms with Gasteiger partial charge in [0.25, 0.3) is 0 Å². The Kier molecular flexibility index (Phi) is 5.23. The lowest BCUT2D eigenvalue weighted by molar-refractivity contribution is 0.151. The van der Waals surface area contributed by atoms with Crippen molar-refractivity contribution >= 4 is 11.7 Å². The molecule has 1 aromatic rings. The Bertz CT molecular complexity index is 491. The maximum atomic E-state index is 12.5. The number of para-hydroxylation sites is 1. The summed E-state index contributed by atoms with van der Waals surface area (Å²) in [6.07, 6.45) is 0. The third kappa shape index (κ3) is 3.76. The molecule has 116 valence electrons. The molecule has 1 aliphatic rings. The summed E-state index contributed by atoms with van der Waals surface area (Å²) in [4.78, 5) is 16.8. The fraction of sp³-hybridized carbons (Fsp3) is 0.588. The van der Waals surface area contributed by atoms with E-state index >= 15 is 0 Å². The Morgan fingerprint density at radius 1 is 1.24 bits per heavy atom. The summed E-state index contributed by atoms with van der Waals surface area (Å²) in [5.41, 5.74) is 3.31. The number of piperazine rings is 1. The SMILES string of the molecule is CCN1CCN(C(=O)Nc2c(C)cccc2C(C)C)CC1. The maximum Gasteiger partial charge on any atom is 0.321 e. The Balaban J connectivity index is 2.07. The largest absolute Gasteiger partial charge is 0.322 e. The van der Waals surface area contributed by atoms with E-state index in [-0.39, 0.29) is 6.03 Å². The zero-order valence-electron chi connectivity index (χ0n) is 13.6. The smallest absolute Gasteiger partial charge is 0.321 e. The number of amides is 2. The van der Waals surface area contributed by atoms with Crippen molar-refractivity contribution in [2.45, 2.75) is 33.6 Å². The molecule has 4 heteroatoms. The molecule has 0 unspecified atom stereocenters. The van der Waals surface area contributed by atoms with Crippen molar-refractivity contribution in [3.63, 3.8) is 0 Å². The molecule has 1 aromatic carbocycles. The number of urea groups is 1. The summed E-state index contributed by atoms with van der Waals surface area (Å²) in [5.74, 6) is 0.400. The Hall–Kier alpha value is -1.55. The zero-order chi connectivity index (χ0) is 15.4. The van der Waals surface area contributed by atoms with Crippen LogP contribution in [0.2, 0.25) is 0 Å². The molecule has 0 bridgehead atoms. The minimum atomic E-state index is 0.0296. The van der Waals surface area contributed by atoms with E-state index in [1.807, 2.05) is 4.90 Å². The highest BCUT2D eigenvalue weighted by molar-refractivity contribution is 5.91. The van der Waals surface area contributed by atoms with Gasteiger partial charge in [-0.2, -0.15) is 0 Å². The number of aryl methyl sites for hydroxylation is 1. The number of nitrogens with one attached hydrogen (secondary N) is 1. The lowest BCUT2D eigenvalue weighted by Gasteiger charge is -2.34. The van der Waals surface area contributed by atoms with Crippen molar-refractivity contribution in [1.82, 2.24) is 9.80 Å². The van der Waals surface area contributed by atoms with Crippen molar-refractivity contribution < 1.29 is 4.79 Å². The van der Waals surface area contributed by atoms with Gasteiger partial charge < -0.3 is 15.1 Å². The first-order valence-electron chi connectivity index (χ1n) is 7.90. The lowest BCUT2D eigenvalue weighted by atomic mass is 9.98. The predicted molar refractivity (Wildman–Crippen MR) is 88.0 cm³/mol. The third-order valence-electron chi connectivity index (χ3n) is 4.27. The standard InChI is InChI=1S/C17H27N3O/c1-5-19-9-11-20(12-10-19)17(21)18-16-14(4)7-6-8-15(16)13(2)3/h6-8,13H,5,9-12H2,1-4H3,(H,18,21). The minimum absolute atomic E-state index is 0.0296. The summed E-state index contributed by atoms with van der Waals surface area (Å²) >= 11 is 0. The molecule has 1 aliphatic heterocycles. The van der Waals surface area contributed by atoms with Crippen LogP contribution in [0.25, 0.3) is 0 Å². The van der Waals surface area contributed by atoms with Gasteiger partial charge in [-0.3, -0.25) is 0 Å². The van der Waals surface area contributed by atoms with Gasteiger partial charge in [0.15, 0.2) is 0 Å². The van der Waals surface area contributed by atoms with Crippen molar-refractivity contribution in [3.05, 3.63) is 29.3 Å². The average molecular weight is 289 g/mol. The number of rotatable bonds is 3. The molecule has 2 rings (SSSR count). The number of likely N-dealkylation sites (N-methyl/N-ethyl adjacent to an activating group) is 1. The lowest BCUT2D eigenvalue weighted by Crippen LogP contribution is -2.49. The van der Waals surface area contributed by atoms with Crippen molar-refractivity contribution in [1.29, 1.82) is 0 Å². The zero-order valence-corrected chi connectivity index (χ0v) is 13.6. The highest BCUT2D eigenvalue weighted by Gasteiger charge is 2.21. The third-order valence-corrected chi connectivity index (χ3v) is 4.27. The number of anilines is 1. The van der Waals surface area contributed by atoms with Gasteiger partial charge in [-0.25, -0.2) is 4.79 Å². The molecule has 0 spiro atoms. The van der Waals surface area contributed by atoms with Gasteiger partial charge in [-0.05, 0) is 30.5 Å². The molecule has 1 N–H and O–H groups in total. The predicted octanol–water partition coefficient (Wildman–Crippen LogP) is 3.29. The topological polar surface area (TPSA) is 35.6 Å². The van der Waals surface area contributed by atoms with Crippen LogP contribution in [-0.2, 0) is 0 Å². The highest BCUT2D eigenvalue weighted by atomic mass is 16.2. The van der Waals surface area contributed by atoms with Crippen molar-refractivity contribution in [2.24, 2.45) is 0 Å². The van der Waals surface area contributed by atoms with Gasteiger partial charge in [0, 0.05) is 31.9 Å². The van der Waals surface area contributed by atoms with Gasteiger partial charge in [0.2, 0.25) is 0 Å². The van der Waals surface area contributed by atoms with Gasteiger partial charge >= 0.3 is 6.03 Å². The van der Waals surface area contributed by atoms with E-state index in [0.29, 0.717) is 5.92 Å². The van der Waals surface area contributed by atoms with Crippen LogP contribution < -0.4 is 5.32 Å². The van der Waals surface area contributed by atoms with Crippen LogP contribution in [0.3, 0.4) is 0 Å². The van der Waals surface area contributed by atoms with E-state index in [0.717, 1.165) is 44.0 Å². The fourth-order valence-electron chi connectivity index (χ4n) is 2.80. The molecule has 0 saturated carbocycles. The molecule has 0 atom stereocenters. The number of benzene rings is 1. The monoisotopic (exact) mass is 289 g/mol. The molecule has 1 saturated heterocycles. The van der Waals surface area contributed by atoms with Crippen LogP contribution >= 0.6 is 0 Å². The molecule has 1 heterocycles. The van der Waals surface area contributed by atoms with E-state index in [9.17, 15) is 4.79 Å². The van der Waals surface area contributed by atoms with Crippen molar-refractivity contribution in [3.8, 4) is 0 Å². The number of hydrogen-bond acceptors (Lipinski definition) is 2. The molecule has 0 aromatic heterocycles. The molecule has 0 aliphatic carbocycles. The molecule has 0 radical (unpaired) electrons. The number of carbonyl (C=O) groups is 1. The summed E-state index contributed by atoms with van der Waals surface area (Å²) in [6.45, 7) is 13.1. The molecule has 21 heavy (non-hydrogen) atoms. The second-order valence-corrected chi connectivity index (χ2v) is 6.05. The van der Waals surface area contributed by atoms with Crippen LogP contribution in [0, 0.1) is 6.92 Å². The summed E-state index contributed by atoms with van der Waals surface area (Å²) in [7, 11) is 0. The first kappa shape index (κ1) is 15.8. The van der Waals surface area contributed by atoms with E-state index in [1.165, 1.54) is 5.56 Å². The first-order valence-corrected chi connectivity index (χ1v) is 7.90. The van der Waals surface area contributed by atoms with Gasteiger partial charge in [0.05, 0.1) is 0 Å². The number of carbonyl (C=O) groups excluding carboxylic acids is 1.